The van der Waals surface area contributed by atoms with Gasteiger partial charge in [0.05, 0.1) is 0 Å². The SMILES string of the molecule is CC(C)CN(C)C(=O)NCCCc1ccc(Br)cc1F. The van der Waals surface area contributed by atoms with Gasteiger partial charge in [0, 0.05) is 24.6 Å². The Balaban J connectivity index is 2.29. The fourth-order valence-corrected chi connectivity index (χ4v) is 2.30. The van der Waals surface area contributed by atoms with E-state index in [9.17, 15) is 9.18 Å². The Bertz CT molecular complexity index is 451. The van der Waals surface area contributed by atoms with Gasteiger partial charge in [-0.2, -0.15) is 0 Å². The predicted octanol–water partition coefficient (Wildman–Crippen LogP) is 3.82. The van der Waals surface area contributed by atoms with Crippen LogP contribution in [0.1, 0.15) is 25.8 Å². The van der Waals surface area contributed by atoms with Gasteiger partial charge in [-0.25, -0.2) is 9.18 Å². The van der Waals surface area contributed by atoms with Gasteiger partial charge in [0.15, 0.2) is 0 Å². The topological polar surface area (TPSA) is 32.3 Å². The minimum absolute atomic E-state index is 0.0741. The van der Waals surface area contributed by atoms with E-state index in [1.807, 2.05) is 6.07 Å². The molecule has 0 aliphatic rings. The average Bonchev–Trinajstić information content (AvgIpc) is 2.35. The highest BCUT2D eigenvalue weighted by atomic mass is 79.9. The normalized spacial score (nSPS) is 10.7. The molecule has 5 heteroatoms. The number of nitrogens with one attached hydrogen (secondary N) is 1. The molecule has 0 spiro atoms. The summed E-state index contributed by atoms with van der Waals surface area (Å²) in [4.78, 5) is 13.4. The molecule has 0 aromatic heterocycles. The zero-order valence-corrected chi connectivity index (χ0v) is 13.8. The molecule has 1 rings (SSSR count). The quantitative estimate of drug-likeness (QED) is 0.781. The summed E-state index contributed by atoms with van der Waals surface area (Å²) >= 11 is 3.23. The maximum atomic E-state index is 13.6. The van der Waals surface area contributed by atoms with Crippen molar-refractivity contribution in [1.82, 2.24) is 10.2 Å². The first-order valence-electron chi connectivity index (χ1n) is 6.83. The Kier molecular flexibility index (Phi) is 6.99. The number of urea groups is 1. The van der Waals surface area contributed by atoms with Gasteiger partial charge in [-0.1, -0.05) is 35.8 Å². The van der Waals surface area contributed by atoms with E-state index in [1.54, 1.807) is 18.0 Å². The van der Waals surface area contributed by atoms with E-state index in [4.69, 9.17) is 0 Å². The van der Waals surface area contributed by atoms with Crippen LogP contribution in [0, 0.1) is 11.7 Å². The van der Waals surface area contributed by atoms with Crippen LogP contribution in [0.15, 0.2) is 22.7 Å². The highest BCUT2D eigenvalue weighted by Gasteiger charge is 2.09. The summed E-state index contributed by atoms with van der Waals surface area (Å²) in [7, 11) is 1.78. The number of halogens is 2. The molecule has 0 heterocycles. The summed E-state index contributed by atoms with van der Waals surface area (Å²) in [5, 5.41) is 2.84. The van der Waals surface area contributed by atoms with E-state index in [0.29, 0.717) is 24.4 Å². The van der Waals surface area contributed by atoms with E-state index < -0.39 is 0 Å². The van der Waals surface area contributed by atoms with Crippen molar-refractivity contribution in [3.05, 3.63) is 34.1 Å². The monoisotopic (exact) mass is 344 g/mol. The average molecular weight is 345 g/mol. The third-order valence-electron chi connectivity index (χ3n) is 2.90. The van der Waals surface area contributed by atoms with Crippen LogP contribution < -0.4 is 5.32 Å². The smallest absolute Gasteiger partial charge is 0.317 e. The first-order valence-corrected chi connectivity index (χ1v) is 7.62. The number of carbonyl (C=O) groups is 1. The summed E-state index contributed by atoms with van der Waals surface area (Å²) in [5.74, 6) is 0.241. The van der Waals surface area contributed by atoms with E-state index in [2.05, 4.69) is 35.1 Å². The molecule has 1 aromatic rings. The lowest BCUT2D eigenvalue weighted by Gasteiger charge is -2.19. The van der Waals surface area contributed by atoms with Crippen LogP contribution in [-0.4, -0.2) is 31.1 Å². The summed E-state index contributed by atoms with van der Waals surface area (Å²) in [6.07, 6.45) is 1.34. The molecule has 112 valence electrons. The fourth-order valence-electron chi connectivity index (χ4n) is 1.96. The van der Waals surface area contributed by atoms with Crippen LogP contribution in [0.5, 0.6) is 0 Å². The molecule has 2 amide bonds. The largest absolute Gasteiger partial charge is 0.338 e. The van der Waals surface area contributed by atoms with Crippen LogP contribution in [0.4, 0.5) is 9.18 Å². The Labute approximate surface area is 128 Å². The second kappa shape index (κ2) is 8.25. The lowest BCUT2D eigenvalue weighted by molar-refractivity contribution is 0.203. The van der Waals surface area contributed by atoms with Gasteiger partial charge in [0.25, 0.3) is 0 Å². The highest BCUT2D eigenvalue weighted by Crippen LogP contribution is 2.16. The van der Waals surface area contributed by atoms with Crippen LogP contribution in [0.25, 0.3) is 0 Å². The van der Waals surface area contributed by atoms with Gasteiger partial charge in [-0.05, 0) is 36.5 Å². The molecule has 0 saturated carbocycles. The van der Waals surface area contributed by atoms with Crippen LogP contribution in [0.2, 0.25) is 0 Å². The van der Waals surface area contributed by atoms with Gasteiger partial charge in [-0.3, -0.25) is 0 Å². The summed E-state index contributed by atoms with van der Waals surface area (Å²) in [5.41, 5.74) is 0.679. The fraction of sp³-hybridized carbons (Fsp3) is 0.533. The second-order valence-corrected chi connectivity index (χ2v) is 6.26. The van der Waals surface area contributed by atoms with E-state index in [0.717, 1.165) is 17.4 Å². The van der Waals surface area contributed by atoms with Crippen molar-refractivity contribution in [2.24, 2.45) is 5.92 Å². The summed E-state index contributed by atoms with van der Waals surface area (Å²) in [6.45, 7) is 5.42. The first kappa shape index (κ1) is 17.0. The van der Waals surface area contributed by atoms with Gasteiger partial charge in [0.1, 0.15) is 5.82 Å². The lowest BCUT2D eigenvalue weighted by atomic mass is 10.1. The number of benzene rings is 1. The second-order valence-electron chi connectivity index (χ2n) is 5.35. The number of hydrogen-bond acceptors (Lipinski definition) is 1. The van der Waals surface area contributed by atoms with Crippen molar-refractivity contribution in [3.63, 3.8) is 0 Å². The third-order valence-corrected chi connectivity index (χ3v) is 3.39. The van der Waals surface area contributed by atoms with Crippen molar-refractivity contribution < 1.29 is 9.18 Å². The first-order chi connectivity index (χ1) is 9.40. The van der Waals surface area contributed by atoms with Crippen molar-refractivity contribution in [2.45, 2.75) is 26.7 Å². The summed E-state index contributed by atoms with van der Waals surface area (Å²) < 4.78 is 14.3. The molecule has 0 aliphatic carbocycles. The number of amides is 2. The molecule has 1 aromatic carbocycles. The predicted molar refractivity (Wildman–Crippen MR) is 83.3 cm³/mol. The molecular weight excluding hydrogens is 323 g/mol. The minimum Gasteiger partial charge on any atom is -0.338 e. The molecule has 0 aliphatic heterocycles. The Morgan fingerprint density at radius 2 is 2.15 bits per heavy atom. The number of rotatable bonds is 6. The maximum absolute atomic E-state index is 13.6. The van der Waals surface area contributed by atoms with Gasteiger partial charge in [-0.15, -0.1) is 0 Å². The van der Waals surface area contributed by atoms with Crippen LogP contribution in [-0.2, 0) is 6.42 Å². The molecule has 3 nitrogen and oxygen atoms in total. The lowest BCUT2D eigenvalue weighted by Crippen LogP contribution is -2.39. The van der Waals surface area contributed by atoms with Gasteiger partial charge >= 0.3 is 6.03 Å². The van der Waals surface area contributed by atoms with Crippen molar-refractivity contribution >= 4 is 22.0 Å². The van der Waals surface area contributed by atoms with Gasteiger partial charge < -0.3 is 10.2 Å². The summed E-state index contributed by atoms with van der Waals surface area (Å²) in [6, 6.07) is 4.99. The number of carbonyl (C=O) groups excluding carboxylic acids is 1. The Morgan fingerprint density at radius 3 is 2.75 bits per heavy atom. The number of hydrogen-bond donors (Lipinski definition) is 1. The Hall–Kier alpha value is -1.10. The third kappa shape index (κ3) is 5.90. The molecule has 20 heavy (non-hydrogen) atoms. The Morgan fingerprint density at radius 1 is 1.45 bits per heavy atom. The zero-order chi connectivity index (χ0) is 15.1. The number of aryl methyl sites for hydroxylation is 1. The van der Waals surface area contributed by atoms with E-state index in [-0.39, 0.29) is 11.8 Å². The molecule has 0 bridgehead atoms. The zero-order valence-electron chi connectivity index (χ0n) is 12.2. The molecule has 0 radical (unpaired) electrons. The maximum Gasteiger partial charge on any atom is 0.317 e. The van der Waals surface area contributed by atoms with Crippen molar-refractivity contribution in [2.75, 3.05) is 20.1 Å². The van der Waals surface area contributed by atoms with Crippen LogP contribution >= 0.6 is 15.9 Å². The molecule has 0 atom stereocenters. The minimum atomic E-state index is -0.206. The van der Waals surface area contributed by atoms with Crippen LogP contribution in [0.3, 0.4) is 0 Å². The standard InChI is InChI=1S/C15H22BrFN2O/c1-11(2)10-19(3)15(20)18-8-4-5-12-6-7-13(16)9-14(12)17/h6-7,9,11H,4-5,8,10H2,1-3H3,(H,18,20). The van der Waals surface area contributed by atoms with E-state index in [1.165, 1.54) is 6.07 Å². The van der Waals surface area contributed by atoms with Gasteiger partial charge in [0.2, 0.25) is 0 Å². The van der Waals surface area contributed by atoms with Crippen molar-refractivity contribution in [3.8, 4) is 0 Å². The molecular formula is C15H22BrFN2O. The molecule has 0 saturated heterocycles. The number of nitrogens with zero attached hydrogens (tertiary/aromatic N) is 1. The van der Waals surface area contributed by atoms with Crippen molar-refractivity contribution in [1.29, 1.82) is 0 Å². The molecule has 0 unspecified atom stereocenters. The van der Waals surface area contributed by atoms with E-state index >= 15 is 0 Å². The molecule has 1 N–H and O–H groups in total. The molecule has 0 fully saturated rings. The highest BCUT2D eigenvalue weighted by molar-refractivity contribution is 9.10.